The van der Waals surface area contributed by atoms with Gasteiger partial charge in [0, 0.05) is 6.54 Å². The molecule has 0 spiro atoms. The first kappa shape index (κ1) is 16.6. The molecule has 0 fully saturated rings. The summed E-state index contributed by atoms with van der Waals surface area (Å²) in [7, 11) is -1.49. The maximum atomic E-state index is 12.2. The van der Waals surface area contributed by atoms with Crippen molar-refractivity contribution in [1.82, 2.24) is 4.72 Å². The minimum atomic E-state index is -3.89. The van der Waals surface area contributed by atoms with Crippen molar-refractivity contribution in [2.45, 2.75) is 18.2 Å². The lowest BCUT2D eigenvalue weighted by atomic mass is 10.3. The molecule has 0 aliphatic heterocycles. The van der Waals surface area contributed by atoms with Crippen LogP contribution < -0.4 is 4.72 Å². The van der Waals surface area contributed by atoms with Crippen LogP contribution in [0.3, 0.4) is 0 Å². The summed E-state index contributed by atoms with van der Waals surface area (Å²) >= 11 is 0.995. The number of aryl methyl sites for hydroxylation is 1. The highest BCUT2D eigenvalue weighted by Gasteiger charge is 2.27. The largest absolute Gasteiger partial charge is 0.469 e. The predicted molar refractivity (Wildman–Crippen MR) is 72.2 cm³/mol. The number of hydrogen-bond donors (Lipinski definition) is 1. The number of sulfonamides is 1. The molecule has 0 bridgehead atoms. The monoisotopic (exact) mass is 321 g/mol. The van der Waals surface area contributed by atoms with E-state index in [0.29, 0.717) is 5.56 Å². The third-order valence-corrected chi connectivity index (χ3v) is 5.26. The fourth-order valence-electron chi connectivity index (χ4n) is 1.46. The summed E-state index contributed by atoms with van der Waals surface area (Å²) in [4.78, 5) is 22.4. The summed E-state index contributed by atoms with van der Waals surface area (Å²) in [5.41, 5.74) is 0.445. The quantitative estimate of drug-likeness (QED) is 0.774. The minimum absolute atomic E-state index is 0.00979. The second-order valence-electron chi connectivity index (χ2n) is 3.79. The molecule has 112 valence electrons. The van der Waals surface area contributed by atoms with Gasteiger partial charge in [0.1, 0.15) is 9.77 Å². The number of methoxy groups -OCH3 is 2. The molecule has 0 aliphatic carbocycles. The number of nitrogens with one attached hydrogen (secondary N) is 1. The number of carbonyl (C=O) groups excluding carboxylic acids is 2. The smallest absolute Gasteiger partial charge is 0.349 e. The number of ether oxygens (including phenoxy) is 2. The minimum Gasteiger partial charge on any atom is -0.469 e. The SMILES string of the molecule is COC(=O)CCNS(=O)(=O)c1c(C)csc1C(=O)OC. The van der Waals surface area contributed by atoms with Gasteiger partial charge in [-0.1, -0.05) is 0 Å². The van der Waals surface area contributed by atoms with Crippen LogP contribution in [0.4, 0.5) is 0 Å². The Morgan fingerprint density at radius 1 is 1.30 bits per heavy atom. The van der Waals surface area contributed by atoms with Crippen LogP contribution in [-0.2, 0) is 24.3 Å². The lowest BCUT2D eigenvalue weighted by Crippen LogP contribution is -2.28. The van der Waals surface area contributed by atoms with E-state index in [1.165, 1.54) is 14.2 Å². The van der Waals surface area contributed by atoms with E-state index in [2.05, 4.69) is 14.2 Å². The topological polar surface area (TPSA) is 98.8 Å². The average molecular weight is 321 g/mol. The van der Waals surface area contributed by atoms with Gasteiger partial charge in [0.05, 0.1) is 20.6 Å². The molecule has 1 heterocycles. The van der Waals surface area contributed by atoms with Gasteiger partial charge in [0.15, 0.2) is 0 Å². The van der Waals surface area contributed by atoms with E-state index in [1.54, 1.807) is 12.3 Å². The average Bonchev–Trinajstić information content (AvgIpc) is 2.80. The van der Waals surface area contributed by atoms with Gasteiger partial charge in [-0.05, 0) is 17.9 Å². The molecule has 1 rings (SSSR count). The van der Waals surface area contributed by atoms with E-state index < -0.39 is 22.0 Å². The third-order valence-electron chi connectivity index (χ3n) is 2.41. The standard InChI is InChI=1S/C11H15NO6S2/c1-7-6-19-9(11(14)18-3)10(7)20(15,16)12-5-4-8(13)17-2/h6,12H,4-5H2,1-3H3. The van der Waals surface area contributed by atoms with Crippen LogP contribution in [-0.4, -0.2) is 41.1 Å². The Bertz CT molecular complexity index is 604. The van der Waals surface area contributed by atoms with Gasteiger partial charge < -0.3 is 9.47 Å². The predicted octanol–water partition coefficient (Wildman–Crippen LogP) is 0.685. The molecule has 7 nitrogen and oxygen atoms in total. The van der Waals surface area contributed by atoms with Crippen LogP contribution in [0.5, 0.6) is 0 Å². The molecule has 1 N–H and O–H groups in total. The van der Waals surface area contributed by atoms with Gasteiger partial charge in [-0.3, -0.25) is 4.79 Å². The van der Waals surface area contributed by atoms with Gasteiger partial charge in [-0.2, -0.15) is 0 Å². The van der Waals surface area contributed by atoms with Crippen molar-refractivity contribution < 1.29 is 27.5 Å². The molecule has 0 saturated carbocycles. The van der Waals surface area contributed by atoms with E-state index >= 15 is 0 Å². The van der Waals surface area contributed by atoms with E-state index in [4.69, 9.17) is 0 Å². The van der Waals surface area contributed by atoms with Crippen molar-refractivity contribution in [2.75, 3.05) is 20.8 Å². The molecule has 1 aromatic rings. The molecule has 0 radical (unpaired) electrons. The van der Waals surface area contributed by atoms with E-state index in [1.807, 2.05) is 0 Å². The first-order chi connectivity index (χ1) is 9.33. The Labute approximate surface area is 120 Å². The van der Waals surface area contributed by atoms with E-state index in [-0.39, 0.29) is 22.7 Å². The number of thiophene rings is 1. The number of carbonyl (C=O) groups is 2. The lowest BCUT2D eigenvalue weighted by molar-refractivity contribution is -0.140. The van der Waals surface area contributed by atoms with Crippen LogP contribution >= 0.6 is 11.3 Å². The molecule has 0 aliphatic rings. The lowest BCUT2D eigenvalue weighted by Gasteiger charge is -2.07. The zero-order valence-corrected chi connectivity index (χ0v) is 12.9. The third kappa shape index (κ3) is 3.78. The summed E-state index contributed by atoms with van der Waals surface area (Å²) in [6, 6.07) is 0. The van der Waals surface area contributed by atoms with Crippen molar-refractivity contribution in [3.05, 3.63) is 15.8 Å². The summed E-state index contributed by atoms with van der Waals surface area (Å²) in [5.74, 6) is -1.24. The normalized spacial score (nSPS) is 11.2. The van der Waals surface area contributed by atoms with Gasteiger partial charge in [0.2, 0.25) is 10.0 Å². The van der Waals surface area contributed by atoms with E-state index in [0.717, 1.165) is 11.3 Å². The Hall–Kier alpha value is -1.45. The zero-order chi connectivity index (χ0) is 15.3. The molecule has 0 atom stereocenters. The summed E-state index contributed by atoms with van der Waals surface area (Å²) < 4.78 is 35.5. The second kappa shape index (κ2) is 6.82. The molecule has 1 aromatic heterocycles. The maximum absolute atomic E-state index is 12.2. The van der Waals surface area contributed by atoms with Crippen LogP contribution in [0.2, 0.25) is 0 Å². The molecular weight excluding hydrogens is 306 g/mol. The highest BCUT2D eigenvalue weighted by molar-refractivity contribution is 7.89. The highest BCUT2D eigenvalue weighted by atomic mass is 32.2. The molecule has 0 unspecified atom stereocenters. The molecular formula is C11H15NO6S2. The van der Waals surface area contributed by atoms with Crippen LogP contribution in [0.15, 0.2) is 10.3 Å². The molecule has 9 heteroatoms. The number of esters is 2. The Kier molecular flexibility index (Phi) is 5.66. The molecule has 0 saturated heterocycles. The Morgan fingerprint density at radius 2 is 1.95 bits per heavy atom. The summed E-state index contributed by atoms with van der Waals surface area (Å²) in [6.45, 7) is 1.47. The van der Waals surface area contributed by atoms with E-state index in [9.17, 15) is 18.0 Å². The number of hydrogen-bond acceptors (Lipinski definition) is 7. The Balaban J connectivity index is 2.95. The van der Waals surface area contributed by atoms with Gasteiger partial charge in [0.25, 0.3) is 0 Å². The van der Waals surface area contributed by atoms with Crippen LogP contribution in [0.1, 0.15) is 21.7 Å². The maximum Gasteiger partial charge on any atom is 0.349 e. The Morgan fingerprint density at radius 3 is 2.50 bits per heavy atom. The highest BCUT2D eigenvalue weighted by Crippen LogP contribution is 2.27. The van der Waals surface area contributed by atoms with Crippen molar-refractivity contribution in [2.24, 2.45) is 0 Å². The van der Waals surface area contributed by atoms with Crippen LogP contribution in [0, 0.1) is 6.92 Å². The molecule has 0 aromatic carbocycles. The molecule has 0 amide bonds. The second-order valence-corrected chi connectivity index (χ2v) is 6.38. The fraction of sp³-hybridized carbons (Fsp3) is 0.455. The fourth-order valence-corrected chi connectivity index (χ4v) is 4.20. The van der Waals surface area contributed by atoms with Gasteiger partial charge in [-0.25, -0.2) is 17.9 Å². The first-order valence-electron chi connectivity index (χ1n) is 5.56. The molecule has 20 heavy (non-hydrogen) atoms. The van der Waals surface area contributed by atoms with Crippen LogP contribution in [0.25, 0.3) is 0 Å². The van der Waals surface area contributed by atoms with Crippen molar-refractivity contribution in [1.29, 1.82) is 0 Å². The van der Waals surface area contributed by atoms with Gasteiger partial charge >= 0.3 is 11.9 Å². The van der Waals surface area contributed by atoms with Gasteiger partial charge in [-0.15, -0.1) is 11.3 Å². The zero-order valence-electron chi connectivity index (χ0n) is 11.3. The first-order valence-corrected chi connectivity index (χ1v) is 7.92. The summed E-state index contributed by atoms with van der Waals surface area (Å²) in [6.07, 6.45) is -0.0908. The summed E-state index contributed by atoms with van der Waals surface area (Å²) in [5, 5.41) is 1.56. The van der Waals surface area contributed by atoms with Crippen molar-refractivity contribution >= 4 is 33.3 Å². The van der Waals surface area contributed by atoms with Crippen molar-refractivity contribution in [3.8, 4) is 0 Å². The van der Waals surface area contributed by atoms with Crippen molar-refractivity contribution in [3.63, 3.8) is 0 Å². The number of rotatable bonds is 6.